The molecular formula is C60H112NO7+. The van der Waals surface area contributed by atoms with Gasteiger partial charge in [0.15, 0.2) is 12.1 Å². The summed E-state index contributed by atoms with van der Waals surface area (Å²) in [6.07, 6.45) is 62.1. The van der Waals surface area contributed by atoms with Gasteiger partial charge in [0.25, 0.3) is 0 Å². The van der Waals surface area contributed by atoms with Gasteiger partial charge in [-0.05, 0) is 44.9 Å². The van der Waals surface area contributed by atoms with Crippen LogP contribution in [0.3, 0.4) is 0 Å². The Morgan fingerprint density at radius 2 is 0.824 bits per heavy atom. The van der Waals surface area contributed by atoms with E-state index in [1.165, 1.54) is 186 Å². The lowest BCUT2D eigenvalue weighted by Gasteiger charge is -2.31. The first-order valence-corrected chi connectivity index (χ1v) is 29.0. The Bertz CT molecular complexity index is 1210. The van der Waals surface area contributed by atoms with Gasteiger partial charge < -0.3 is 23.8 Å². The second-order valence-electron chi connectivity index (χ2n) is 20.9. The molecular weight excluding hydrogens is 847 g/mol. The van der Waals surface area contributed by atoms with Gasteiger partial charge in [0.1, 0.15) is 6.61 Å². The maximum atomic E-state index is 12.8. The molecule has 398 valence electrons. The summed E-state index contributed by atoms with van der Waals surface area (Å²) in [4.78, 5) is 37.3. The fourth-order valence-corrected chi connectivity index (χ4v) is 8.87. The molecule has 0 heterocycles. The van der Waals surface area contributed by atoms with Gasteiger partial charge in [0, 0.05) is 19.3 Å². The number of carbonyl (C=O) groups excluding carboxylic acids is 2. The van der Waals surface area contributed by atoms with Gasteiger partial charge >= 0.3 is 17.9 Å². The fraction of sp³-hybridized carbons (Fsp3) is 0.850. The topological polar surface area (TPSA) is 99.1 Å². The summed E-state index contributed by atoms with van der Waals surface area (Å²) < 4.78 is 17.4. The Morgan fingerprint density at radius 1 is 0.456 bits per heavy atom. The zero-order chi connectivity index (χ0) is 49.9. The highest BCUT2D eigenvalue weighted by atomic mass is 16.6. The van der Waals surface area contributed by atoms with Crippen molar-refractivity contribution in [1.82, 2.24) is 0 Å². The van der Waals surface area contributed by atoms with Crippen LogP contribution < -0.4 is 0 Å². The van der Waals surface area contributed by atoms with Crippen molar-refractivity contribution < 1.29 is 38.2 Å². The molecule has 0 fully saturated rings. The van der Waals surface area contributed by atoms with Crippen LogP contribution in [-0.2, 0) is 28.6 Å². The molecule has 0 aromatic rings. The van der Waals surface area contributed by atoms with E-state index < -0.39 is 18.1 Å². The van der Waals surface area contributed by atoms with Crippen LogP contribution in [0.1, 0.15) is 277 Å². The van der Waals surface area contributed by atoms with Crippen LogP contribution in [0.5, 0.6) is 0 Å². The summed E-state index contributed by atoms with van der Waals surface area (Å²) in [5, 5.41) is 9.68. The zero-order valence-corrected chi connectivity index (χ0v) is 45.6. The number of rotatable bonds is 53. The zero-order valence-electron chi connectivity index (χ0n) is 45.6. The highest BCUT2D eigenvalue weighted by molar-refractivity contribution is 5.72. The first-order valence-electron chi connectivity index (χ1n) is 29.0. The van der Waals surface area contributed by atoms with Crippen LogP contribution in [0.2, 0.25) is 0 Å². The van der Waals surface area contributed by atoms with Crippen LogP contribution >= 0.6 is 0 Å². The number of hydrogen-bond acceptors (Lipinski definition) is 6. The number of aliphatic carboxylic acids is 1. The van der Waals surface area contributed by atoms with E-state index in [4.69, 9.17) is 14.2 Å². The SMILES string of the molecule is CC/C=C/C/C=C/C/C=C/CCCCCCCCCCCCCC(=O)OCC(COCCC(C(=O)O)[N+](C)(C)C)OC(=O)CCCCCCCCCCCCCCCCCCCCCCCCC. The number of ether oxygens (including phenoxy) is 3. The average molecular weight is 960 g/mol. The van der Waals surface area contributed by atoms with Crippen LogP contribution in [0.15, 0.2) is 36.5 Å². The van der Waals surface area contributed by atoms with E-state index >= 15 is 0 Å². The van der Waals surface area contributed by atoms with Gasteiger partial charge in [0.05, 0.1) is 34.4 Å². The third-order valence-corrected chi connectivity index (χ3v) is 13.3. The van der Waals surface area contributed by atoms with E-state index in [-0.39, 0.29) is 36.2 Å². The van der Waals surface area contributed by atoms with Gasteiger partial charge in [-0.1, -0.05) is 249 Å². The van der Waals surface area contributed by atoms with E-state index in [1.807, 2.05) is 21.1 Å². The van der Waals surface area contributed by atoms with Crippen molar-refractivity contribution in [3.63, 3.8) is 0 Å². The fourth-order valence-electron chi connectivity index (χ4n) is 8.87. The molecule has 0 rings (SSSR count). The number of carboxylic acid groups (broad SMARTS) is 1. The van der Waals surface area contributed by atoms with Crippen molar-refractivity contribution in [3.8, 4) is 0 Å². The van der Waals surface area contributed by atoms with Crippen LogP contribution in [0.4, 0.5) is 0 Å². The molecule has 8 heteroatoms. The molecule has 2 unspecified atom stereocenters. The summed E-state index contributed by atoms with van der Waals surface area (Å²) in [6.45, 7) is 4.68. The minimum Gasteiger partial charge on any atom is -0.477 e. The van der Waals surface area contributed by atoms with Gasteiger partial charge in [0.2, 0.25) is 0 Å². The lowest BCUT2D eigenvalue weighted by atomic mass is 10.0. The Labute approximate surface area is 421 Å². The Morgan fingerprint density at radius 3 is 1.22 bits per heavy atom. The third kappa shape index (κ3) is 48.6. The number of hydrogen-bond donors (Lipinski definition) is 1. The summed E-state index contributed by atoms with van der Waals surface area (Å²) in [5.74, 6) is -1.45. The van der Waals surface area contributed by atoms with Gasteiger partial charge in [-0.2, -0.15) is 0 Å². The number of nitrogens with zero attached hydrogens (tertiary/aromatic N) is 1. The van der Waals surface area contributed by atoms with Crippen molar-refractivity contribution in [2.24, 2.45) is 0 Å². The Kier molecular flexibility index (Phi) is 49.1. The predicted octanol–water partition coefficient (Wildman–Crippen LogP) is 17.3. The number of carboxylic acids is 1. The summed E-state index contributed by atoms with van der Waals surface area (Å²) in [7, 11) is 5.55. The van der Waals surface area contributed by atoms with E-state index in [0.29, 0.717) is 19.3 Å². The molecule has 2 atom stereocenters. The molecule has 0 aliphatic heterocycles. The van der Waals surface area contributed by atoms with Gasteiger partial charge in [-0.3, -0.25) is 9.59 Å². The van der Waals surface area contributed by atoms with Crippen molar-refractivity contribution in [3.05, 3.63) is 36.5 Å². The predicted molar refractivity (Wildman–Crippen MR) is 289 cm³/mol. The smallest absolute Gasteiger partial charge is 0.362 e. The first-order chi connectivity index (χ1) is 33.1. The number of carbonyl (C=O) groups is 3. The number of likely N-dealkylation sites (N-methyl/N-ethyl adjacent to an activating group) is 1. The minimum absolute atomic E-state index is 0.0482. The lowest BCUT2D eigenvalue weighted by molar-refractivity contribution is -0.887. The molecule has 0 radical (unpaired) electrons. The maximum absolute atomic E-state index is 12.8. The van der Waals surface area contributed by atoms with E-state index in [9.17, 15) is 19.5 Å². The number of esters is 2. The molecule has 68 heavy (non-hydrogen) atoms. The standard InChI is InChI=1S/C60H111NO7/c1-6-8-10-12-14-16-18-20-22-24-26-28-29-31-33-35-37-39-41-43-45-47-49-51-59(63)68-56(54-66-53-52-57(60(64)65)61(3,4)5)55-67-58(62)50-48-46-44-42-40-38-36-34-32-30-27-25-23-21-19-17-15-13-11-9-7-2/h9,11,15,17,21,23,56-57H,6-8,10,12-14,16,18-20,22,24-55H2,1-5H3/p+1/b11-9+,17-15+,23-21+. The molecule has 0 amide bonds. The number of quaternary nitrogens is 1. The van der Waals surface area contributed by atoms with E-state index in [1.54, 1.807) is 0 Å². The van der Waals surface area contributed by atoms with Crippen molar-refractivity contribution in [2.75, 3.05) is 41.0 Å². The molecule has 0 bridgehead atoms. The third-order valence-electron chi connectivity index (χ3n) is 13.3. The van der Waals surface area contributed by atoms with Crippen LogP contribution in [-0.4, -0.2) is 80.6 Å². The molecule has 0 saturated heterocycles. The maximum Gasteiger partial charge on any atom is 0.362 e. The molecule has 0 aliphatic rings. The molecule has 0 aromatic heterocycles. The largest absolute Gasteiger partial charge is 0.477 e. The number of unbranched alkanes of at least 4 members (excludes halogenated alkanes) is 33. The summed E-state index contributed by atoms with van der Waals surface area (Å²) in [6, 6.07) is -0.614. The van der Waals surface area contributed by atoms with Gasteiger partial charge in [-0.25, -0.2) is 4.79 Å². The molecule has 0 saturated carbocycles. The molecule has 0 aromatic carbocycles. The molecule has 1 N–H and O–H groups in total. The summed E-state index contributed by atoms with van der Waals surface area (Å²) >= 11 is 0. The number of allylic oxidation sites excluding steroid dienone is 6. The monoisotopic (exact) mass is 959 g/mol. The molecule has 0 aliphatic carbocycles. The Hall–Kier alpha value is -2.45. The van der Waals surface area contributed by atoms with Gasteiger partial charge in [-0.15, -0.1) is 0 Å². The van der Waals surface area contributed by atoms with E-state index in [2.05, 4.69) is 50.3 Å². The Balaban J connectivity index is 4.13. The van der Waals surface area contributed by atoms with Crippen molar-refractivity contribution in [1.29, 1.82) is 0 Å². The lowest BCUT2D eigenvalue weighted by Crippen LogP contribution is -2.50. The quantitative estimate of drug-likeness (QED) is 0.0281. The van der Waals surface area contributed by atoms with Crippen molar-refractivity contribution >= 4 is 17.9 Å². The summed E-state index contributed by atoms with van der Waals surface area (Å²) in [5.41, 5.74) is 0. The minimum atomic E-state index is -0.871. The van der Waals surface area contributed by atoms with Crippen LogP contribution in [0.25, 0.3) is 0 Å². The molecule has 8 nitrogen and oxygen atoms in total. The highest BCUT2D eigenvalue weighted by Crippen LogP contribution is 2.17. The normalized spacial score (nSPS) is 13.0. The second-order valence-corrected chi connectivity index (χ2v) is 20.9. The molecule has 0 spiro atoms. The van der Waals surface area contributed by atoms with Crippen molar-refractivity contribution in [2.45, 2.75) is 289 Å². The van der Waals surface area contributed by atoms with Crippen LogP contribution in [0, 0.1) is 0 Å². The second kappa shape index (κ2) is 50.9. The first kappa shape index (κ1) is 65.5. The van der Waals surface area contributed by atoms with E-state index in [0.717, 1.165) is 57.8 Å². The average Bonchev–Trinajstić information content (AvgIpc) is 3.30. The highest BCUT2D eigenvalue weighted by Gasteiger charge is 2.31.